The third-order valence-corrected chi connectivity index (χ3v) is 4.87. The quantitative estimate of drug-likeness (QED) is 0.873. The molecule has 19 heavy (non-hydrogen) atoms. The van der Waals surface area contributed by atoms with Gasteiger partial charge in [0.1, 0.15) is 5.82 Å². The van der Waals surface area contributed by atoms with Crippen LogP contribution in [0.4, 0.5) is 4.39 Å². The van der Waals surface area contributed by atoms with Gasteiger partial charge in [-0.25, -0.2) is 4.39 Å². The van der Waals surface area contributed by atoms with E-state index in [0.717, 1.165) is 42.0 Å². The number of carbonyl (C=O) groups is 1. The first-order valence-corrected chi connectivity index (χ1v) is 7.69. The molecule has 1 aromatic carbocycles. The van der Waals surface area contributed by atoms with E-state index in [0.29, 0.717) is 0 Å². The zero-order chi connectivity index (χ0) is 13.2. The summed E-state index contributed by atoms with van der Waals surface area (Å²) in [4.78, 5) is 12.5. The summed E-state index contributed by atoms with van der Waals surface area (Å²) >= 11 is 1.57. The van der Waals surface area contributed by atoms with Gasteiger partial charge in [-0.15, -0.1) is 11.8 Å². The minimum absolute atomic E-state index is 0.0717. The van der Waals surface area contributed by atoms with Crippen LogP contribution in [0.15, 0.2) is 23.1 Å². The van der Waals surface area contributed by atoms with Gasteiger partial charge < -0.3 is 5.32 Å². The number of benzene rings is 1. The highest BCUT2D eigenvalue weighted by molar-refractivity contribution is 7.99. The number of hydrogen-bond donors (Lipinski definition) is 2. The molecule has 2 aliphatic heterocycles. The molecule has 0 saturated carbocycles. The van der Waals surface area contributed by atoms with Crippen molar-refractivity contribution in [3.8, 4) is 0 Å². The van der Waals surface area contributed by atoms with Crippen LogP contribution >= 0.6 is 11.8 Å². The van der Waals surface area contributed by atoms with E-state index in [4.69, 9.17) is 0 Å². The van der Waals surface area contributed by atoms with Crippen molar-refractivity contribution >= 4 is 17.7 Å². The Hall–Kier alpha value is -1.07. The highest BCUT2D eigenvalue weighted by Gasteiger charge is 2.29. The Morgan fingerprint density at radius 2 is 2.21 bits per heavy atom. The van der Waals surface area contributed by atoms with Gasteiger partial charge in [-0.1, -0.05) is 12.1 Å². The van der Waals surface area contributed by atoms with E-state index in [1.165, 1.54) is 6.07 Å². The molecular weight excluding hydrogens is 263 g/mol. The van der Waals surface area contributed by atoms with Crippen molar-refractivity contribution in [2.75, 3.05) is 12.3 Å². The summed E-state index contributed by atoms with van der Waals surface area (Å²) < 4.78 is 13.8. The van der Waals surface area contributed by atoms with Crippen molar-refractivity contribution in [3.05, 3.63) is 29.6 Å². The predicted octanol–water partition coefficient (Wildman–Crippen LogP) is 2.23. The maximum absolute atomic E-state index is 13.8. The van der Waals surface area contributed by atoms with Gasteiger partial charge in [0.15, 0.2) is 0 Å². The lowest BCUT2D eigenvalue weighted by molar-refractivity contribution is -0.124. The average Bonchev–Trinajstić information content (AvgIpc) is 2.42. The second kappa shape index (κ2) is 5.51. The molecule has 3 nitrogen and oxygen atoms in total. The van der Waals surface area contributed by atoms with Crippen LogP contribution in [-0.2, 0) is 4.79 Å². The molecule has 2 N–H and O–H groups in total. The third kappa shape index (κ3) is 2.62. The molecule has 2 heterocycles. The minimum Gasteiger partial charge on any atom is -0.355 e. The molecule has 3 rings (SSSR count). The summed E-state index contributed by atoms with van der Waals surface area (Å²) in [6.45, 7) is 0.767. The van der Waals surface area contributed by atoms with E-state index >= 15 is 0 Å². The number of halogens is 1. The standard InChI is InChI=1S/C14H17FN2OS/c15-10-4-1-3-9-11(6-8-19-13(9)10)17-12-5-2-7-16-14(12)18/h1,3-4,11-12,17H,2,5-8H2,(H,16,18). The first-order valence-electron chi connectivity index (χ1n) is 6.70. The fraction of sp³-hybridized carbons (Fsp3) is 0.500. The van der Waals surface area contributed by atoms with E-state index in [1.807, 2.05) is 6.07 Å². The van der Waals surface area contributed by atoms with E-state index < -0.39 is 0 Å². The van der Waals surface area contributed by atoms with E-state index in [-0.39, 0.29) is 23.8 Å². The zero-order valence-corrected chi connectivity index (χ0v) is 11.4. The smallest absolute Gasteiger partial charge is 0.237 e. The molecule has 1 fully saturated rings. The Labute approximate surface area is 116 Å². The predicted molar refractivity (Wildman–Crippen MR) is 73.6 cm³/mol. The molecule has 2 aliphatic rings. The SMILES string of the molecule is O=C1NCCCC1NC1CCSc2c(F)cccc21. The fourth-order valence-electron chi connectivity index (χ4n) is 2.73. The Balaban J connectivity index is 1.80. The first kappa shape index (κ1) is 12.9. The van der Waals surface area contributed by atoms with Crippen molar-refractivity contribution in [2.45, 2.75) is 36.2 Å². The number of fused-ring (bicyclic) bond motifs is 1. The Kier molecular flexibility index (Phi) is 3.75. The molecule has 1 aromatic rings. The monoisotopic (exact) mass is 280 g/mol. The lowest BCUT2D eigenvalue weighted by Crippen LogP contribution is -2.49. The number of piperidine rings is 1. The lowest BCUT2D eigenvalue weighted by Gasteiger charge is -2.31. The van der Waals surface area contributed by atoms with Crippen molar-refractivity contribution in [3.63, 3.8) is 0 Å². The van der Waals surface area contributed by atoms with Crippen LogP contribution in [0, 0.1) is 5.82 Å². The number of amides is 1. The van der Waals surface area contributed by atoms with E-state index in [1.54, 1.807) is 17.8 Å². The van der Waals surface area contributed by atoms with Gasteiger partial charge in [0.25, 0.3) is 0 Å². The maximum Gasteiger partial charge on any atom is 0.237 e. The summed E-state index contributed by atoms with van der Waals surface area (Å²) in [7, 11) is 0. The second-order valence-electron chi connectivity index (χ2n) is 5.00. The molecule has 5 heteroatoms. The summed E-state index contributed by atoms with van der Waals surface area (Å²) in [5.41, 5.74) is 0.995. The van der Waals surface area contributed by atoms with E-state index in [2.05, 4.69) is 10.6 Å². The van der Waals surface area contributed by atoms with Crippen LogP contribution in [0.1, 0.15) is 30.9 Å². The molecule has 2 atom stereocenters. The van der Waals surface area contributed by atoms with Crippen LogP contribution < -0.4 is 10.6 Å². The van der Waals surface area contributed by atoms with Crippen molar-refractivity contribution in [1.29, 1.82) is 0 Å². The number of rotatable bonds is 2. The van der Waals surface area contributed by atoms with Crippen LogP contribution in [0.2, 0.25) is 0 Å². The fourth-order valence-corrected chi connectivity index (χ4v) is 3.87. The van der Waals surface area contributed by atoms with Crippen LogP contribution in [0.25, 0.3) is 0 Å². The van der Waals surface area contributed by atoms with Crippen molar-refractivity contribution in [2.24, 2.45) is 0 Å². The Bertz CT molecular complexity index is 494. The van der Waals surface area contributed by atoms with Gasteiger partial charge in [-0.3, -0.25) is 10.1 Å². The number of carbonyl (C=O) groups excluding carboxylic acids is 1. The van der Waals surface area contributed by atoms with Crippen LogP contribution in [0.5, 0.6) is 0 Å². The molecule has 0 radical (unpaired) electrons. The summed E-state index contributed by atoms with van der Waals surface area (Å²) in [6.07, 6.45) is 2.80. The van der Waals surface area contributed by atoms with Gasteiger partial charge in [-0.2, -0.15) is 0 Å². The number of hydrogen-bond acceptors (Lipinski definition) is 3. The molecule has 1 amide bonds. The zero-order valence-electron chi connectivity index (χ0n) is 10.6. The molecule has 2 unspecified atom stereocenters. The largest absolute Gasteiger partial charge is 0.355 e. The van der Waals surface area contributed by atoms with Gasteiger partial charge in [-0.05, 0) is 36.6 Å². The molecule has 1 saturated heterocycles. The van der Waals surface area contributed by atoms with E-state index in [9.17, 15) is 9.18 Å². The molecule has 0 spiro atoms. The maximum atomic E-state index is 13.8. The van der Waals surface area contributed by atoms with Gasteiger partial charge in [0.05, 0.1) is 6.04 Å². The van der Waals surface area contributed by atoms with Crippen molar-refractivity contribution < 1.29 is 9.18 Å². The third-order valence-electron chi connectivity index (χ3n) is 3.71. The summed E-state index contributed by atoms with van der Waals surface area (Å²) in [5.74, 6) is 0.810. The average molecular weight is 280 g/mol. The molecule has 0 aliphatic carbocycles. The molecular formula is C14H17FN2OS. The number of thioether (sulfide) groups is 1. The Morgan fingerprint density at radius 3 is 3.05 bits per heavy atom. The van der Waals surface area contributed by atoms with Gasteiger partial charge >= 0.3 is 0 Å². The second-order valence-corrected chi connectivity index (χ2v) is 6.11. The summed E-state index contributed by atoms with van der Waals surface area (Å²) in [6, 6.07) is 5.15. The topological polar surface area (TPSA) is 41.1 Å². The molecule has 0 aromatic heterocycles. The van der Waals surface area contributed by atoms with Gasteiger partial charge in [0.2, 0.25) is 5.91 Å². The summed E-state index contributed by atoms with van der Waals surface area (Å²) in [5, 5.41) is 6.28. The van der Waals surface area contributed by atoms with Crippen LogP contribution in [-0.4, -0.2) is 24.2 Å². The molecule has 102 valence electrons. The Morgan fingerprint density at radius 1 is 1.32 bits per heavy atom. The van der Waals surface area contributed by atoms with Crippen molar-refractivity contribution in [1.82, 2.24) is 10.6 Å². The first-order chi connectivity index (χ1) is 9.25. The number of nitrogens with one attached hydrogen (secondary N) is 2. The van der Waals surface area contributed by atoms with Crippen LogP contribution in [0.3, 0.4) is 0 Å². The van der Waals surface area contributed by atoms with Gasteiger partial charge in [0, 0.05) is 17.5 Å². The highest BCUT2D eigenvalue weighted by atomic mass is 32.2. The normalized spacial score (nSPS) is 26.7. The lowest BCUT2D eigenvalue weighted by atomic mass is 9.99. The molecule has 0 bridgehead atoms. The minimum atomic E-state index is -0.151. The highest BCUT2D eigenvalue weighted by Crippen LogP contribution is 2.38.